The number of ether oxygens (including phenoxy) is 5. The van der Waals surface area contributed by atoms with Gasteiger partial charge in [-0.2, -0.15) is 0 Å². The van der Waals surface area contributed by atoms with Crippen molar-refractivity contribution in [3.63, 3.8) is 0 Å². The summed E-state index contributed by atoms with van der Waals surface area (Å²) < 4.78 is 29.8. The van der Waals surface area contributed by atoms with Crippen LogP contribution in [0, 0.1) is 5.92 Å². The second-order valence-electron chi connectivity index (χ2n) is 15.7. The Labute approximate surface area is 320 Å². The van der Waals surface area contributed by atoms with Crippen LogP contribution in [0.5, 0.6) is 0 Å². The van der Waals surface area contributed by atoms with Crippen LogP contribution >= 0.6 is 0 Å². The van der Waals surface area contributed by atoms with Crippen molar-refractivity contribution in [2.45, 2.75) is 192 Å². The SMILES string of the molecule is C/C=C(/C)C(=O)O[C@H]1C(C)=C2[C@H]([C@@H]1OC(=O)CCCCCCC)[C@@](C)(OC(C)=O)C[C@H](OC(=O)CCCCCCCCCCN)[C@@]1(O)[C@H]2OC(=O)[C@@]1(C)O. The number of allylic oxidation sites excluding steroid dienone is 1. The van der Waals surface area contributed by atoms with Crippen LogP contribution in [-0.4, -0.2) is 87.8 Å². The van der Waals surface area contributed by atoms with E-state index in [4.69, 9.17) is 29.4 Å². The summed E-state index contributed by atoms with van der Waals surface area (Å²) in [6.07, 6.45) is 7.38. The zero-order chi connectivity index (χ0) is 40.3. The van der Waals surface area contributed by atoms with Crippen molar-refractivity contribution in [2.75, 3.05) is 6.54 Å². The van der Waals surface area contributed by atoms with Crippen molar-refractivity contribution in [1.29, 1.82) is 0 Å². The third-order valence-corrected chi connectivity index (χ3v) is 11.4. The van der Waals surface area contributed by atoms with Crippen molar-refractivity contribution in [3.05, 3.63) is 22.8 Å². The van der Waals surface area contributed by atoms with Gasteiger partial charge in [0.25, 0.3) is 0 Å². The van der Waals surface area contributed by atoms with Gasteiger partial charge in [0.1, 0.15) is 11.7 Å². The molecule has 0 aromatic carbocycles. The lowest BCUT2D eigenvalue weighted by atomic mass is 9.75. The molecule has 0 aromatic heterocycles. The van der Waals surface area contributed by atoms with Crippen molar-refractivity contribution in [3.8, 4) is 0 Å². The molecule has 4 N–H and O–H groups in total. The van der Waals surface area contributed by atoms with E-state index in [0.29, 0.717) is 19.4 Å². The van der Waals surface area contributed by atoms with Gasteiger partial charge < -0.3 is 39.6 Å². The maximum absolute atomic E-state index is 13.5. The molecule has 1 saturated heterocycles. The van der Waals surface area contributed by atoms with Crippen LogP contribution in [0.2, 0.25) is 0 Å². The van der Waals surface area contributed by atoms with Gasteiger partial charge in [0.2, 0.25) is 0 Å². The standard InChI is InChI=1S/C41H65NO12/c1-8-10-11-16-19-23-31(45)51-35-33-32(27(4)34(35)52-37(46)26(3)9-2)36-41(49,40(7,48)38(47)53-36)29(25-39(33,6)54-28(5)43)50-30(44)22-20-17-14-12-13-15-18-21-24-42/h9,29,33-36,48-49H,8,10-25,42H2,1-7H3/b26-9-/t29-,33+,34-,35-,36-,39-,40+,41+/m0/s1. The molecule has 8 atom stereocenters. The summed E-state index contributed by atoms with van der Waals surface area (Å²) in [5.74, 6) is -4.99. The number of carbonyl (C=O) groups excluding carboxylic acids is 5. The van der Waals surface area contributed by atoms with Gasteiger partial charge in [-0.3, -0.25) is 14.4 Å². The first-order chi connectivity index (χ1) is 25.5. The predicted molar refractivity (Wildman–Crippen MR) is 199 cm³/mol. The molecule has 0 aromatic rings. The van der Waals surface area contributed by atoms with E-state index >= 15 is 0 Å². The van der Waals surface area contributed by atoms with Crippen LogP contribution in [0.4, 0.5) is 0 Å². The number of aliphatic hydroxyl groups is 2. The molecule has 13 nitrogen and oxygen atoms in total. The molecule has 0 spiro atoms. The number of nitrogens with two attached hydrogens (primary N) is 1. The van der Waals surface area contributed by atoms with Crippen LogP contribution in [0.25, 0.3) is 0 Å². The third kappa shape index (κ3) is 10.3. The Kier molecular flexibility index (Phi) is 16.7. The van der Waals surface area contributed by atoms with E-state index < -0.39 is 83.4 Å². The number of carbonyl (C=O) groups is 5. The first-order valence-electron chi connectivity index (χ1n) is 20.0. The van der Waals surface area contributed by atoms with Crippen LogP contribution in [0.15, 0.2) is 22.8 Å². The highest BCUT2D eigenvalue weighted by molar-refractivity contribution is 5.88. The second-order valence-corrected chi connectivity index (χ2v) is 15.7. The first kappa shape index (κ1) is 45.1. The van der Waals surface area contributed by atoms with Gasteiger partial charge in [-0.15, -0.1) is 0 Å². The first-order valence-corrected chi connectivity index (χ1v) is 20.0. The summed E-state index contributed by atoms with van der Waals surface area (Å²) in [5, 5.41) is 24.3. The summed E-state index contributed by atoms with van der Waals surface area (Å²) in [6, 6.07) is 0. The van der Waals surface area contributed by atoms with Gasteiger partial charge in [-0.25, -0.2) is 9.59 Å². The highest BCUT2D eigenvalue weighted by atomic mass is 16.6. The minimum atomic E-state index is -2.59. The van der Waals surface area contributed by atoms with Gasteiger partial charge in [-0.05, 0) is 71.6 Å². The molecule has 0 radical (unpaired) electrons. The van der Waals surface area contributed by atoms with Crippen molar-refractivity contribution >= 4 is 29.8 Å². The van der Waals surface area contributed by atoms with E-state index in [-0.39, 0.29) is 29.6 Å². The van der Waals surface area contributed by atoms with Gasteiger partial charge in [0.05, 0.1) is 5.92 Å². The lowest BCUT2D eigenvalue weighted by Crippen LogP contribution is -2.64. The van der Waals surface area contributed by atoms with E-state index in [0.717, 1.165) is 77.6 Å². The fourth-order valence-electron chi connectivity index (χ4n) is 8.17. The normalized spacial score (nSPS) is 30.6. The highest BCUT2D eigenvalue weighted by Gasteiger charge is 2.76. The minimum absolute atomic E-state index is 0.0115. The molecule has 2 aliphatic carbocycles. The zero-order valence-electron chi connectivity index (χ0n) is 33.5. The molecule has 0 amide bonds. The minimum Gasteiger partial charge on any atom is -0.459 e. The molecule has 1 saturated carbocycles. The Morgan fingerprint density at radius 2 is 1.39 bits per heavy atom. The lowest BCUT2D eigenvalue weighted by Gasteiger charge is -2.41. The number of rotatable bonds is 21. The van der Waals surface area contributed by atoms with Crippen molar-refractivity contribution < 1.29 is 57.9 Å². The Morgan fingerprint density at radius 1 is 0.852 bits per heavy atom. The molecule has 3 rings (SSSR count). The summed E-state index contributed by atoms with van der Waals surface area (Å²) in [4.78, 5) is 66.4. The molecular weight excluding hydrogens is 698 g/mol. The van der Waals surface area contributed by atoms with E-state index in [2.05, 4.69) is 6.92 Å². The molecule has 0 bridgehead atoms. The number of fused-ring (bicyclic) bond motifs is 3. The summed E-state index contributed by atoms with van der Waals surface area (Å²) >= 11 is 0. The van der Waals surface area contributed by atoms with Gasteiger partial charge in [0, 0.05) is 31.8 Å². The molecule has 1 heterocycles. The number of unbranched alkanes of at least 4 members (excludes halogenated alkanes) is 11. The molecule has 13 heteroatoms. The molecule has 3 aliphatic rings. The quantitative estimate of drug-likeness (QED) is 0.0430. The summed E-state index contributed by atoms with van der Waals surface area (Å²) in [5.41, 5.74) is -0.592. The molecule has 0 unspecified atom stereocenters. The Morgan fingerprint density at radius 3 is 1.93 bits per heavy atom. The summed E-state index contributed by atoms with van der Waals surface area (Å²) in [7, 11) is 0. The van der Waals surface area contributed by atoms with Crippen LogP contribution in [0.3, 0.4) is 0 Å². The Bertz CT molecular complexity index is 1400. The van der Waals surface area contributed by atoms with E-state index in [1.54, 1.807) is 33.8 Å². The number of hydrogen-bond acceptors (Lipinski definition) is 13. The van der Waals surface area contributed by atoms with E-state index in [1.165, 1.54) is 6.92 Å². The average molecular weight is 764 g/mol. The van der Waals surface area contributed by atoms with Crippen molar-refractivity contribution in [1.82, 2.24) is 0 Å². The topological polar surface area (TPSA) is 198 Å². The fraction of sp³-hybridized carbons (Fsp3) is 0.780. The zero-order valence-corrected chi connectivity index (χ0v) is 33.5. The molecule has 54 heavy (non-hydrogen) atoms. The van der Waals surface area contributed by atoms with Crippen LogP contribution in [-0.2, 0) is 47.7 Å². The molecular formula is C41H65NO12. The second kappa shape index (κ2) is 20.0. The van der Waals surface area contributed by atoms with Gasteiger partial charge in [0.15, 0.2) is 29.5 Å². The number of esters is 5. The Balaban J connectivity index is 2.03. The highest BCUT2D eigenvalue weighted by Crippen LogP contribution is 2.57. The molecule has 1 aliphatic heterocycles. The maximum atomic E-state index is 13.5. The Hall–Kier alpha value is -3.29. The van der Waals surface area contributed by atoms with E-state index in [9.17, 15) is 34.2 Å². The summed E-state index contributed by atoms with van der Waals surface area (Å²) in [6.45, 7) is 11.4. The van der Waals surface area contributed by atoms with Gasteiger partial charge in [-0.1, -0.05) is 77.2 Å². The molecule has 2 fully saturated rings. The third-order valence-electron chi connectivity index (χ3n) is 11.4. The van der Waals surface area contributed by atoms with E-state index in [1.807, 2.05) is 0 Å². The smallest absolute Gasteiger partial charge is 0.341 e. The fourth-order valence-corrected chi connectivity index (χ4v) is 8.17. The van der Waals surface area contributed by atoms with Gasteiger partial charge >= 0.3 is 29.8 Å². The average Bonchev–Trinajstić information content (AvgIpc) is 3.44. The van der Waals surface area contributed by atoms with Crippen molar-refractivity contribution in [2.24, 2.45) is 11.7 Å². The molecule has 306 valence electrons. The predicted octanol–water partition coefficient (Wildman–Crippen LogP) is 5.60. The monoisotopic (exact) mass is 763 g/mol. The lowest BCUT2D eigenvalue weighted by molar-refractivity contribution is -0.212. The van der Waals surface area contributed by atoms with Crippen LogP contribution in [0.1, 0.15) is 151 Å². The maximum Gasteiger partial charge on any atom is 0.341 e. The number of hydrogen-bond donors (Lipinski definition) is 3. The largest absolute Gasteiger partial charge is 0.459 e. The van der Waals surface area contributed by atoms with Crippen LogP contribution < -0.4 is 5.73 Å².